The molecule has 1 N–H and O–H groups in total. The Hall–Kier alpha value is -2.25. The molecule has 5 rings (SSSR count). The van der Waals surface area contributed by atoms with Crippen LogP contribution in [0.3, 0.4) is 0 Å². The van der Waals surface area contributed by atoms with E-state index in [4.69, 9.17) is 14.2 Å². The zero-order valence-corrected chi connectivity index (χ0v) is 23.1. The number of halogens is 7. The van der Waals surface area contributed by atoms with E-state index < -0.39 is 53.7 Å². The van der Waals surface area contributed by atoms with E-state index in [0.29, 0.717) is 43.9 Å². The van der Waals surface area contributed by atoms with Gasteiger partial charge >= 0.3 is 12.4 Å². The summed E-state index contributed by atoms with van der Waals surface area (Å²) in [4.78, 5) is 2.28. The van der Waals surface area contributed by atoms with E-state index in [-0.39, 0.29) is 29.6 Å². The van der Waals surface area contributed by atoms with Gasteiger partial charge in [0.05, 0.1) is 43.2 Å². The van der Waals surface area contributed by atoms with Crippen molar-refractivity contribution >= 4 is 0 Å². The van der Waals surface area contributed by atoms with Crippen LogP contribution >= 0.6 is 0 Å². The molecule has 0 bridgehead atoms. The highest BCUT2D eigenvalue weighted by Crippen LogP contribution is 2.44. The van der Waals surface area contributed by atoms with Crippen molar-refractivity contribution in [1.29, 1.82) is 0 Å². The Morgan fingerprint density at radius 2 is 1.62 bits per heavy atom. The summed E-state index contributed by atoms with van der Waals surface area (Å²) in [5, 5.41) is 10.4. The lowest BCUT2D eigenvalue weighted by Crippen LogP contribution is -2.49. The van der Waals surface area contributed by atoms with Gasteiger partial charge in [0, 0.05) is 17.9 Å². The minimum Gasteiger partial charge on any atom is -0.390 e. The van der Waals surface area contributed by atoms with E-state index in [9.17, 15) is 35.8 Å². The van der Waals surface area contributed by atoms with Crippen LogP contribution in [0.1, 0.15) is 60.5 Å². The van der Waals surface area contributed by atoms with Crippen molar-refractivity contribution in [3.63, 3.8) is 0 Å². The highest BCUT2D eigenvalue weighted by atomic mass is 19.4. The molecule has 0 saturated carbocycles. The number of hydrogen-bond donors (Lipinski definition) is 1. The molecule has 12 heteroatoms. The van der Waals surface area contributed by atoms with Gasteiger partial charge in [-0.25, -0.2) is 4.39 Å². The molecule has 3 fully saturated rings. The van der Waals surface area contributed by atoms with Gasteiger partial charge in [-0.1, -0.05) is 12.1 Å². The third-order valence-corrected chi connectivity index (χ3v) is 8.96. The third-order valence-electron chi connectivity index (χ3n) is 8.96. The molecule has 3 aliphatic rings. The number of aliphatic hydroxyl groups excluding tert-OH is 1. The maximum atomic E-state index is 13.8. The second kappa shape index (κ2) is 12.0. The fourth-order valence-corrected chi connectivity index (χ4v) is 6.41. The Bertz CT molecular complexity index is 1180. The largest absolute Gasteiger partial charge is 0.416 e. The molecule has 0 unspecified atom stereocenters. The molecule has 0 aliphatic carbocycles. The van der Waals surface area contributed by atoms with E-state index in [1.54, 1.807) is 12.1 Å². The molecule has 2 aromatic rings. The minimum absolute atomic E-state index is 0.0486. The number of piperidine rings is 1. The Labute approximate surface area is 239 Å². The van der Waals surface area contributed by atoms with Gasteiger partial charge in [0.25, 0.3) is 0 Å². The van der Waals surface area contributed by atoms with Gasteiger partial charge in [0.15, 0.2) is 6.29 Å². The molecule has 232 valence electrons. The second-order valence-corrected chi connectivity index (χ2v) is 11.7. The average Bonchev–Trinajstić information content (AvgIpc) is 3.28. The summed E-state index contributed by atoms with van der Waals surface area (Å²) in [7, 11) is 0. The van der Waals surface area contributed by atoms with Crippen LogP contribution in [0, 0.1) is 17.2 Å². The van der Waals surface area contributed by atoms with Gasteiger partial charge < -0.3 is 24.2 Å². The van der Waals surface area contributed by atoms with Crippen molar-refractivity contribution in [1.82, 2.24) is 4.90 Å². The fourth-order valence-electron chi connectivity index (χ4n) is 6.41. The highest BCUT2D eigenvalue weighted by Gasteiger charge is 2.46. The summed E-state index contributed by atoms with van der Waals surface area (Å²) in [6.45, 7) is 4.63. The monoisotopic (exact) mass is 605 g/mol. The molecular weight excluding hydrogens is 571 g/mol. The molecule has 5 nitrogen and oxygen atoms in total. The number of likely N-dealkylation sites (tertiary alicyclic amines) is 1. The molecule has 2 aromatic carbocycles. The lowest BCUT2D eigenvalue weighted by molar-refractivity contribution is -0.210. The lowest BCUT2D eigenvalue weighted by Gasteiger charge is -2.44. The van der Waals surface area contributed by atoms with Crippen molar-refractivity contribution in [2.45, 2.75) is 63.0 Å². The first-order chi connectivity index (χ1) is 19.7. The fraction of sp³-hybridized carbons (Fsp3) is 0.600. The Kier molecular flexibility index (Phi) is 8.93. The van der Waals surface area contributed by atoms with E-state index >= 15 is 0 Å². The maximum absolute atomic E-state index is 13.8. The van der Waals surface area contributed by atoms with Crippen molar-refractivity contribution in [3.05, 3.63) is 70.5 Å². The van der Waals surface area contributed by atoms with Gasteiger partial charge in [-0.3, -0.25) is 0 Å². The predicted molar refractivity (Wildman–Crippen MR) is 138 cm³/mol. The third kappa shape index (κ3) is 6.77. The van der Waals surface area contributed by atoms with Crippen LogP contribution in [-0.2, 0) is 26.6 Å². The Morgan fingerprint density at radius 3 is 2.17 bits per heavy atom. The highest BCUT2D eigenvalue weighted by molar-refractivity contribution is 5.35. The van der Waals surface area contributed by atoms with Gasteiger partial charge in [0.1, 0.15) is 5.82 Å². The van der Waals surface area contributed by atoms with E-state index in [2.05, 4.69) is 4.90 Å². The maximum Gasteiger partial charge on any atom is 0.416 e. The van der Waals surface area contributed by atoms with Crippen molar-refractivity contribution in [2.75, 3.05) is 39.5 Å². The summed E-state index contributed by atoms with van der Waals surface area (Å²) in [6, 6.07) is 7.23. The van der Waals surface area contributed by atoms with Crippen LogP contribution in [0.15, 0.2) is 42.5 Å². The minimum atomic E-state index is -4.98. The van der Waals surface area contributed by atoms with Gasteiger partial charge in [-0.2, -0.15) is 26.3 Å². The number of nitrogens with zero attached hydrogens (tertiary/aromatic N) is 1. The normalized spacial score (nSPS) is 27.8. The molecule has 3 heterocycles. The predicted octanol–water partition coefficient (Wildman–Crippen LogP) is 6.56. The van der Waals surface area contributed by atoms with Crippen LogP contribution in [0.25, 0.3) is 0 Å². The molecule has 0 amide bonds. The first kappa shape index (κ1) is 31.2. The summed E-state index contributed by atoms with van der Waals surface area (Å²) in [5.41, 5.74) is -2.66. The van der Waals surface area contributed by atoms with Crippen molar-refractivity contribution < 1.29 is 50.1 Å². The smallest absolute Gasteiger partial charge is 0.390 e. The van der Waals surface area contributed by atoms with Crippen molar-refractivity contribution in [3.8, 4) is 0 Å². The first-order valence-electron chi connectivity index (χ1n) is 14.1. The SMILES string of the molecule is C[C@@H](O[C@H]1OCC[C@@H](CN2CCC3(CC2)COC[C@H]3O)[C@@H]1c1ccc(F)cc1)c1cc(C(F)(F)F)cc(C(F)(F)F)c1. The van der Waals surface area contributed by atoms with Gasteiger partial charge in [0.2, 0.25) is 0 Å². The van der Waals surface area contributed by atoms with Gasteiger partial charge in [-0.05, 0) is 86.7 Å². The number of benzene rings is 2. The van der Waals surface area contributed by atoms with E-state index in [0.717, 1.165) is 25.9 Å². The summed E-state index contributed by atoms with van der Waals surface area (Å²) >= 11 is 0. The van der Waals surface area contributed by atoms with Crippen LogP contribution < -0.4 is 0 Å². The summed E-state index contributed by atoms with van der Waals surface area (Å²) in [6.07, 6.45) is -10.4. The molecule has 3 aliphatic heterocycles. The van der Waals surface area contributed by atoms with Crippen LogP contribution in [0.5, 0.6) is 0 Å². The molecule has 1 spiro atoms. The Morgan fingerprint density at radius 1 is 1.00 bits per heavy atom. The molecule has 5 atom stereocenters. The number of rotatable bonds is 6. The summed E-state index contributed by atoms with van der Waals surface area (Å²) in [5.74, 6) is -0.946. The summed E-state index contributed by atoms with van der Waals surface area (Å²) < 4.78 is 112. The Balaban J connectivity index is 1.37. The van der Waals surface area contributed by atoms with E-state index in [1.807, 2.05) is 0 Å². The quantitative estimate of drug-likeness (QED) is 0.378. The van der Waals surface area contributed by atoms with Gasteiger partial charge in [-0.15, -0.1) is 0 Å². The lowest BCUT2D eigenvalue weighted by atomic mass is 9.75. The number of aliphatic hydroxyl groups is 1. The van der Waals surface area contributed by atoms with Crippen LogP contribution in [0.4, 0.5) is 30.7 Å². The zero-order valence-electron chi connectivity index (χ0n) is 23.1. The first-order valence-corrected chi connectivity index (χ1v) is 14.1. The number of ether oxygens (including phenoxy) is 3. The molecule has 0 aromatic heterocycles. The van der Waals surface area contributed by atoms with E-state index in [1.165, 1.54) is 19.1 Å². The molecular formula is C30H34F7NO4. The molecule has 0 radical (unpaired) electrons. The molecule has 3 saturated heterocycles. The van der Waals surface area contributed by atoms with Crippen LogP contribution in [0.2, 0.25) is 0 Å². The number of alkyl halides is 6. The second-order valence-electron chi connectivity index (χ2n) is 11.7. The topological polar surface area (TPSA) is 51.2 Å². The number of hydrogen-bond acceptors (Lipinski definition) is 5. The van der Waals surface area contributed by atoms with Crippen molar-refractivity contribution in [2.24, 2.45) is 11.3 Å². The molecule has 42 heavy (non-hydrogen) atoms. The standard InChI is InChI=1S/C30H34F7NO4/c1-18(21-12-22(29(32,33)34)14-23(13-21)30(35,36)37)42-27-26(19-2-4-24(31)5-3-19)20(6-11-41-27)15-38-9-7-28(8-10-38)17-40-16-25(28)39/h2-5,12-14,18,20,25-27,39H,6-11,15-17H2,1H3/t18-,20+,25-,26+,27-/m1/s1. The van der Waals surface area contributed by atoms with Crippen LogP contribution in [-0.4, -0.2) is 61.9 Å². The average molecular weight is 606 g/mol. The zero-order chi connectivity index (χ0) is 30.3.